The van der Waals surface area contributed by atoms with E-state index in [0.717, 1.165) is 18.4 Å². The second-order valence-electron chi connectivity index (χ2n) is 7.86. The molecule has 0 saturated heterocycles. The maximum Gasteiger partial charge on any atom is 0.314 e. The predicted octanol–water partition coefficient (Wildman–Crippen LogP) is 2.88. The highest BCUT2D eigenvalue weighted by molar-refractivity contribution is 5.86. The molecule has 5 nitrogen and oxygen atoms in total. The number of carbonyl (C=O) groups excluding carboxylic acids is 2. The van der Waals surface area contributed by atoms with Crippen molar-refractivity contribution in [3.8, 4) is 0 Å². The number of ether oxygens (including phenoxy) is 1. The van der Waals surface area contributed by atoms with E-state index >= 15 is 0 Å². The van der Waals surface area contributed by atoms with Gasteiger partial charge in [0.05, 0.1) is 13.0 Å². The molecule has 2 N–H and O–H groups in total. The molecule has 2 rings (SSSR count). The molecule has 144 valence electrons. The molecule has 4 atom stereocenters. The van der Waals surface area contributed by atoms with Crippen molar-refractivity contribution in [1.82, 2.24) is 5.32 Å². The zero-order chi connectivity index (χ0) is 19.3. The van der Waals surface area contributed by atoms with Crippen molar-refractivity contribution >= 4 is 11.9 Å². The maximum atomic E-state index is 12.9. The minimum atomic E-state index is -1.39. The van der Waals surface area contributed by atoms with E-state index in [4.69, 9.17) is 4.74 Å². The van der Waals surface area contributed by atoms with Crippen LogP contribution in [-0.2, 0) is 14.3 Å². The van der Waals surface area contributed by atoms with Gasteiger partial charge in [-0.3, -0.25) is 9.59 Å². The van der Waals surface area contributed by atoms with Crippen LogP contribution in [0.5, 0.6) is 0 Å². The lowest BCUT2D eigenvalue weighted by Gasteiger charge is -2.43. The Bertz CT molecular complexity index is 616. The molecule has 0 aromatic heterocycles. The number of hydrogen-bond acceptors (Lipinski definition) is 4. The third-order valence-corrected chi connectivity index (χ3v) is 5.60. The van der Waals surface area contributed by atoms with Crippen LogP contribution in [0.2, 0.25) is 0 Å². The molecule has 1 aliphatic rings. The number of hydrogen-bond donors (Lipinski definition) is 2. The number of benzene rings is 1. The van der Waals surface area contributed by atoms with Gasteiger partial charge >= 0.3 is 5.97 Å². The molecule has 0 aliphatic heterocycles. The van der Waals surface area contributed by atoms with Gasteiger partial charge in [0, 0.05) is 6.54 Å². The number of methoxy groups -OCH3 is 1. The van der Waals surface area contributed by atoms with Crippen molar-refractivity contribution < 1.29 is 19.4 Å². The fourth-order valence-corrected chi connectivity index (χ4v) is 4.15. The molecular weight excluding hydrogens is 330 g/mol. The lowest BCUT2D eigenvalue weighted by Crippen LogP contribution is -2.57. The van der Waals surface area contributed by atoms with Gasteiger partial charge in [-0.1, -0.05) is 57.5 Å². The number of carbonyl (C=O) groups is 2. The van der Waals surface area contributed by atoms with E-state index in [-0.39, 0.29) is 24.3 Å². The first-order chi connectivity index (χ1) is 12.3. The third-order valence-electron chi connectivity index (χ3n) is 5.60. The van der Waals surface area contributed by atoms with Crippen LogP contribution >= 0.6 is 0 Å². The number of aliphatic hydroxyl groups is 1. The zero-order valence-corrected chi connectivity index (χ0v) is 16.2. The van der Waals surface area contributed by atoms with Gasteiger partial charge in [-0.25, -0.2) is 0 Å². The summed E-state index contributed by atoms with van der Waals surface area (Å²) >= 11 is 0. The number of rotatable bonds is 6. The second-order valence-corrected chi connectivity index (χ2v) is 7.86. The quantitative estimate of drug-likeness (QED) is 0.764. The summed E-state index contributed by atoms with van der Waals surface area (Å²) in [6.07, 6.45) is 2.31. The van der Waals surface area contributed by atoms with Crippen molar-refractivity contribution in [1.29, 1.82) is 0 Å². The van der Waals surface area contributed by atoms with Gasteiger partial charge in [0.15, 0.2) is 0 Å². The average Bonchev–Trinajstić information content (AvgIpc) is 2.61. The van der Waals surface area contributed by atoms with Crippen LogP contribution in [0.4, 0.5) is 0 Å². The lowest BCUT2D eigenvalue weighted by molar-refractivity contribution is -0.156. The van der Waals surface area contributed by atoms with Crippen LogP contribution in [0.15, 0.2) is 30.3 Å². The number of nitrogens with one attached hydrogen (secondary N) is 1. The molecule has 1 fully saturated rings. The van der Waals surface area contributed by atoms with E-state index in [2.05, 4.69) is 12.2 Å². The number of esters is 1. The van der Waals surface area contributed by atoms with Crippen LogP contribution in [-0.4, -0.2) is 36.2 Å². The van der Waals surface area contributed by atoms with Gasteiger partial charge in [0.2, 0.25) is 0 Å². The molecule has 1 aromatic carbocycles. The van der Waals surface area contributed by atoms with Crippen LogP contribution in [0, 0.1) is 17.8 Å². The third kappa shape index (κ3) is 4.44. The van der Waals surface area contributed by atoms with Gasteiger partial charge < -0.3 is 15.2 Å². The Morgan fingerprint density at radius 3 is 2.50 bits per heavy atom. The van der Waals surface area contributed by atoms with E-state index in [1.54, 1.807) is 0 Å². The predicted molar refractivity (Wildman–Crippen MR) is 101 cm³/mol. The standard InChI is InChI=1S/C21H31NO4/c1-14(2)18-11-10-15(3)12-21(18,25)20(24)22-13-17(19(23)26-4)16-8-6-5-7-9-16/h5-9,14-15,17-18,25H,10-13H2,1-4H3,(H,22,24)/t15-,17?,18+,21+/m1/s1. The topological polar surface area (TPSA) is 75.6 Å². The maximum absolute atomic E-state index is 12.9. The molecular formula is C21H31NO4. The van der Waals surface area contributed by atoms with Gasteiger partial charge in [0.25, 0.3) is 5.91 Å². The molecule has 26 heavy (non-hydrogen) atoms. The molecule has 1 aliphatic carbocycles. The summed E-state index contributed by atoms with van der Waals surface area (Å²) in [6.45, 7) is 6.26. The fraction of sp³-hybridized carbons (Fsp3) is 0.619. The monoisotopic (exact) mass is 361 g/mol. The smallest absolute Gasteiger partial charge is 0.314 e. The first kappa shape index (κ1) is 20.4. The highest BCUT2D eigenvalue weighted by atomic mass is 16.5. The molecule has 1 aromatic rings. The van der Waals surface area contributed by atoms with E-state index in [0.29, 0.717) is 12.3 Å². The molecule has 1 amide bonds. The minimum absolute atomic E-state index is 0.0769. The fourth-order valence-electron chi connectivity index (χ4n) is 4.15. The van der Waals surface area contributed by atoms with Crippen LogP contribution < -0.4 is 5.32 Å². The van der Waals surface area contributed by atoms with Crippen LogP contribution in [0.25, 0.3) is 0 Å². The summed E-state index contributed by atoms with van der Waals surface area (Å²) in [5, 5.41) is 14.0. The van der Waals surface area contributed by atoms with Crippen molar-refractivity contribution in [2.24, 2.45) is 17.8 Å². The van der Waals surface area contributed by atoms with Crippen LogP contribution in [0.1, 0.15) is 51.5 Å². The van der Waals surface area contributed by atoms with Crippen LogP contribution in [0.3, 0.4) is 0 Å². The van der Waals surface area contributed by atoms with Crippen molar-refractivity contribution in [2.45, 2.75) is 51.6 Å². The SMILES string of the molecule is COC(=O)C(CNC(=O)[C@]1(O)C[C@H](C)CC[C@H]1C(C)C)c1ccccc1. The average molecular weight is 361 g/mol. The molecule has 0 heterocycles. The molecule has 1 unspecified atom stereocenters. The first-order valence-electron chi connectivity index (χ1n) is 9.43. The van der Waals surface area contributed by atoms with E-state index in [1.807, 2.05) is 44.2 Å². The van der Waals surface area contributed by atoms with E-state index in [9.17, 15) is 14.7 Å². The van der Waals surface area contributed by atoms with Gasteiger partial charge in [0.1, 0.15) is 5.60 Å². The zero-order valence-electron chi connectivity index (χ0n) is 16.2. The van der Waals surface area contributed by atoms with Crippen molar-refractivity contribution in [2.75, 3.05) is 13.7 Å². The molecule has 1 saturated carbocycles. The van der Waals surface area contributed by atoms with Gasteiger partial charge in [-0.05, 0) is 36.2 Å². The number of amides is 1. The molecule has 0 bridgehead atoms. The van der Waals surface area contributed by atoms with Crippen molar-refractivity contribution in [3.05, 3.63) is 35.9 Å². The Morgan fingerprint density at radius 1 is 1.27 bits per heavy atom. The van der Waals surface area contributed by atoms with Gasteiger partial charge in [-0.15, -0.1) is 0 Å². The normalized spacial score (nSPS) is 27.0. The summed E-state index contributed by atoms with van der Waals surface area (Å²) in [4.78, 5) is 25.1. The highest BCUT2D eigenvalue weighted by Gasteiger charge is 2.48. The Hall–Kier alpha value is -1.88. The summed E-state index contributed by atoms with van der Waals surface area (Å²) in [5.74, 6) is -0.942. The molecule has 0 radical (unpaired) electrons. The Kier molecular flexibility index (Phi) is 6.81. The molecule has 0 spiro atoms. The minimum Gasteiger partial charge on any atom is -0.468 e. The lowest BCUT2D eigenvalue weighted by atomic mass is 9.66. The Labute approximate surface area is 156 Å². The van der Waals surface area contributed by atoms with E-state index < -0.39 is 17.5 Å². The van der Waals surface area contributed by atoms with Gasteiger partial charge in [-0.2, -0.15) is 0 Å². The summed E-state index contributed by atoms with van der Waals surface area (Å²) in [5.41, 5.74) is -0.604. The largest absolute Gasteiger partial charge is 0.468 e. The Morgan fingerprint density at radius 2 is 1.92 bits per heavy atom. The second kappa shape index (κ2) is 8.67. The summed E-state index contributed by atoms with van der Waals surface area (Å²) in [7, 11) is 1.34. The summed E-state index contributed by atoms with van der Waals surface area (Å²) in [6, 6.07) is 9.23. The van der Waals surface area contributed by atoms with E-state index in [1.165, 1.54) is 7.11 Å². The summed E-state index contributed by atoms with van der Waals surface area (Å²) < 4.78 is 4.89. The van der Waals surface area contributed by atoms with Crippen molar-refractivity contribution in [3.63, 3.8) is 0 Å². The highest BCUT2D eigenvalue weighted by Crippen LogP contribution is 2.41. The Balaban J connectivity index is 2.14. The molecule has 5 heteroatoms. The first-order valence-corrected chi connectivity index (χ1v) is 9.43.